The molecule has 2 heterocycles. The predicted octanol–water partition coefficient (Wildman–Crippen LogP) is 4.71. The van der Waals surface area contributed by atoms with Crippen LogP contribution in [0.3, 0.4) is 0 Å². The smallest absolute Gasteiger partial charge is 0.234 e. The molecule has 1 aliphatic heterocycles. The number of Topliss-reactive ketones (excluding diaryl/α,β-unsaturated/α-hetero) is 1. The fourth-order valence-corrected chi connectivity index (χ4v) is 5.89. The minimum absolute atomic E-state index is 0.00621. The van der Waals surface area contributed by atoms with E-state index in [9.17, 15) is 14.0 Å². The van der Waals surface area contributed by atoms with Gasteiger partial charge >= 0.3 is 0 Å². The summed E-state index contributed by atoms with van der Waals surface area (Å²) in [7, 11) is 0. The average molecular weight is 418 g/mol. The lowest BCUT2D eigenvalue weighted by Gasteiger charge is -2.36. The summed E-state index contributed by atoms with van der Waals surface area (Å²) in [5.74, 6) is -1.09. The minimum Gasteiger partial charge on any atom is -0.294 e. The van der Waals surface area contributed by atoms with Crippen molar-refractivity contribution < 1.29 is 14.0 Å². The van der Waals surface area contributed by atoms with E-state index >= 15 is 0 Å². The van der Waals surface area contributed by atoms with Crippen LogP contribution in [0.5, 0.6) is 0 Å². The van der Waals surface area contributed by atoms with Gasteiger partial charge in [-0.15, -0.1) is 10.2 Å². The van der Waals surface area contributed by atoms with E-state index in [4.69, 9.17) is 0 Å². The highest BCUT2D eigenvalue weighted by atomic mass is 32.2. The fraction of sp³-hybridized carbons (Fsp3) is 0.400. The van der Waals surface area contributed by atoms with Crippen molar-refractivity contribution in [1.82, 2.24) is 10.2 Å². The number of hydrogen-bond acceptors (Lipinski definition) is 6. The molecule has 0 fully saturated rings. The molecule has 0 spiro atoms. The molecule has 0 N–H and O–H groups in total. The molecule has 4 rings (SSSR count). The molecule has 8 heteroatoms. The molecule has 2 aromatic rings. The number of anilines is 1. The van der Waals surface area contributed by atoms with Crippen molar-refractivity contribution >= 4 is 39.9 Å². The number of benzene rings is 1. The Morgan fingerprint density at radius 2 is 2.00 bits per heavy atom. The van der Waals surface area contributed by atoms with Crippen LogP contribution in [-0.4, -0.2) is 27.1 Å². The van der Waals surface area contributed by atoms with Gasteiger partial charge in [-0.3, -0.25) is 14.5 Å². The molecule has 1 aromatic carbocycles. The molecule has 0 saturated heterocycles. The van der Waals surface area contributed by atoms with E-state index < -0.39 is 5.92 Å². The van der Waals surface area contributed by atoms with Crippen LogP contribution >= 0.6 is 23.1 Å². The van der Waals surface area contributed by atoms with Gasteiger partial charge in [-0.2, -0.15) is 0 Å². The number of rotatable bonds is 4. The van der Waals surface area contributed by atoms with Gasteiger partial charge in [-0.1, -0.05) is 55.1 Å². The summed E-state index contributed by atoms with van der Waals surface area (Å²) in [5, 5.41) is 9.24. The predicted molar refractivity (Wildman–Crippen MR) is 108 cm³/mol. The summed E-state index contributed by atoms with van der Waals surface area (Å²) in [6.45, 7) is 4.13. The lowest BCUT2D eigenvalue weighted by atomic mass is 9.77. The Hall–Kier alpha value is -2.06. The summed E-state index contributed by atoms with van der Waals surface area (Å²) in [6, 6.07) is 6.39. The van der Waals surface area contributed by atoms with Gasteiger partial charge in [0.1, 0.15) is 5.82 Å². The lowest BCUT2D eigenvalue weighted by molar-refractivity contribution is -0.119. The van der Waals surface area contributed by atoms with E-state index in [1.54, 1.807) is 34.9 Å². The molecule has 1 amide bonds. The average Bonchev–Trinajstić information content (AvgIpc) is 3.08. The molecule has 5 nitrogen and oxygen atoms in total. The molecule has 2 aliphatic rings. The third-order valence-electron chi connectivity index (χ3n) is 4.88. The van der Waals surface area contributed by atoms with E-state index in [0.29, 0.717) is 46.5 Å². The Morgan fingerprint density at radius 3 is 2.75 bits per heavy atom. The van der Waals surface area contributed by atoms with Gasteiger partial charge in [0, 0.05) is 35.3 Å². The first-order valence-electron chi connectivity index (χ1n) is 9.29. The Morgan fingerprint density at radius 1 is 1.21 bits per heavy atom. The number of thioether (sulfide) groups is 1. The highest BCUT2D eigenvalue weighted by Gasteiger charge is 2.41. The Bertz CT molecular complexity index is 970. The number of hydrogen-bond donors (Lipinski definition) is 0. The van der Waals surface area contributed by atoms with E-state index in [-0.39, 0.29) is 23.9 Å². The summed E-state index contributed by atoms with van der Waals surface area (Å²) in [6.07, 6.45) is 1.76. The van der Waals surface area contributed by atoms with Crippen LogP contribution in [0.15, 0.2) is 39.9 Å². The molecular weight excluding hydrogens is 397 g/mol. The van der Waals surface area contributed by atoms with Gasteiger partial charge < -0.3 is 0 Å². The van der Waals surface area contributed by atoms with Gasteiger partial charge in [-0.05, 0) is 24.5 Å². The second kappa shape index (κ2) is 7.75. The Balaban J connectivity index is 1.79. The van der Waals surface area contributed by atoms with Crippen molar-refractivity contribution in [2.24, 2.45) is 0 Å². The van der Waals surface area contributed by atoms with Crippen LogP contribution < -0.4 is 4.90 Å². The van der Waals surface area contributed by atoms with Crippen LogP contribution in [0.25, 0.3) is 0 Å². The van der Waals surface area contributed by atoms with Crippen molar-refractivity contribution in [3.05, 3.63) is 46.9 Å². The zero-order chi connectivity index (χ0) is 19.8. The summed E-state index contributed by atoms with van der Waals surface area (Å²) in [4.78, 5) is 27.4. The summed E-state index contributed by atoms with van der Waals surface area (Å²) in [5.41, 5.74) is 1.63. The second-order valence-electron chi connectivity index (χ2n) is 7.16. The zero-order valence-electron chi connectivity index (χ0n) is 15.6. The normalized spacial score (nSPS) is 20.1. The maximum absolute atomic E-state index is 14.5. The molecule has 0 saturated carbocycles. The molecule has 1 atom stereocenters. The van der Waals surface area contributed by atoms with E-state index in [0.717, 1.165) is 4.34 Å². The van der Waals surface area contributed by atoms with Crippen LogP contribution in [0.4, 0.5) is 9.52 Å². The van der Waals surface area contributed by atoms with Crippen molar-refractivity contribution in [3.63, 3.8) is 0 Å². The molecule has 0 bridgehead atoms. The number of halogens is 1. The number of aromatic nitrogens is 2. The monoisotopic (exact) mass is 417 g/mol. The second-order valence-corrected chi connectivity index (χ2v) is 9.94. The van der Waals surface area contributed by atoms with E-state index in [1.165, 1.54) is 17.4 Å². The first-order valence-corrected chi connectivity index (χ1v) is 11.0. The first-order chi connectivity index (χ1) is 13.5. The highest BCUT2D eigenvalue weighted by Crippen LogP contribution is 2.45. The lowest BCUT2D eigenvalue weighted by Crippen LogP contribution is -2.40. The number of amides is 1. The molecule has 0 radical (unpaired) electrons. The van der Waals surface area contributed by atoms with Crippen LogP contribution in [0, 0.1) is 5.82 Å². The van der Waals surface area contributed by atoms with Gasteiger partial charge in [0.2, 0.25) is 11.0 Å². The topological polar surface area (TPSA) is 63.2 Å². The quantitative estimate of drug-likeness (QED) is 0.533. The number of carbonyl (C=O) groups excluding carboxylic acids is 2. The number of nitrogens with zero attached hydrogens (tertiary/aromatic N) is 3. The fourth-order valence-electron chi connectivity index (χ4n) is 3.78. The van der Waals surface area contributed by atoms with Crippen LogP contribution in [0.1, 0.15) is 51.0 Å². The maximum Gasteiger partial charge on any atom is 0.234 e. The Labute approximate surface area is 171 Å². The minimum atomic E-state index is -0.537. The van der Waals surface area contributed by atoms with Gasteiger partial charge in [0.15, 0.2) is 10.1 Å². The van der Waals surface area contributed by atoms with Crippen molar-refractivity contribution in [2.45, 2.75) is 55.0 Å². The largest absolute Gasteiger partial charge is 0.294 e. The number of allylic oxidation sites excluding steroid dienone is 2. The van der Waals surface area contributed by atoms with Crippen LogP contribution in [-0.2, 0) is 9.59 Å². The van der Waals surface area contributed by atoms with Crippen molar-refractivity contribution in [1.29, 1.82) is 0 Å². The third-order valence-corrected chi connectivity index (χ3v) is 6.88. The molecule has 1 aliphatic carbocycles. The number of ketones is 1. The zero-order valence-corrected chi connectivity index (χ0v) is 17.3. The first kappa shape index (κ1) is 19.3. The SMILES string of the molecule is CC(C)Sc1nnc(N2C(=O)C[C@@H](c3ccccc3F)C3=C2CCCC3=O)s1. The van der Waals surface area contributed by atoms with Crippen molar-refractivity contribution in [2.75, 3.05) is 4.90 Å². The Kier molecular flexibility index (Phi) is 5.33. The molecule has 0 unspecified atom stereocenters. The summed E-state index contributed by atoms with van der Waals surface area (Å²) < 4.78 is 15.2. The standard InChI is InChI=1S/C20H20FN3O2S2/c1-11(2)27-20-23-22-19(28-20)24-15-8-5-9-16(25)18(15)13(10-17(24)26)12-6-3-4-7-14(12)21/h3-4,6-7,11,13H,5,8-10H2,1-2H3/t13-/m0/s1. The third kappa shape index (κ3) is 3.51. The highest BCUT2D eigenvalue weighted by molar-refractivity contribution is 8.01. The van der Waals surface area contributed by atoms with Gasteiger partial charge in [0.05, 0.1) is 0 Å². The molecule has 28 heavy (non-hydrogen) atoms. The molecule has 1 aromatic heterocycles. The van der Waals surface area contributed by atoms with Crippen molar-refractivity contribution in [3.8, 4) is 0 Å². The number of carbonyl (C=O) groups is 2. The van der Waals surface area contributed by atoms with Gasteiger partial charge in [0.25, 0.3) is 0 Å². The maximum atomic E-state index is 14.5. The molecular formula is C20H20FN3O2S2. The molecule has 146 valence electrons. The van der Waals surface area contributed by atoms with E-state index in [1.807, 2.05) is 0 Å². The van der Waals surface area contributed by atoms with E-state index in [2.05, 4.69) is 24.0 Å². The summed E-state index contributed by atoms with van der Waals surface area (Å²) >= 11 is 2.94. The van der Waals surface area contributed by atoms with Crippen LogP contribution in [0.2, 0.25) is 0 Å². The van der Waals surface area contributed by atoms with Gasteiger partial charge in [-0.25, -0.2) is 4.39 Å².